The van der Waals surface area contributed by atoms with Crippen LogP contribution in [0.5, 0.6) is 0 Å². The molecule has 5 nitrogen and oxygen atoms in total. The molecule has 2 fully saturated rings. The van der Waals surface area contributed by atoms with Gasteiger partial charge in [0.1, 0.15) is 11.6 Å². The lowest BCUT2D eigenvalue weighted by Crippen LogP contribution is -2.49. The van der Waals surface area contributed by atoms with Gasteiger partial charge < -0.3 is 4.74 Å². The highest BCUT2D eigenvalue weighted by molar-refractivity contribution is 6.04. The number of Topliss-reactive ketones (excluding diaryl/α,β-unsaturated/α-hetero) is 1. The molecular formula is C23H25NO4. The van der Waals surface area contributed by atoms with Crippen molar-refractivity contribution in [1.82, 2.24) is 5.06 Å². The zero-order chi connectivity index (χ0) is 19.6. The molecule has 28 heavy (non-hydrogen) atoms. The van der Waals surface area contributed by atoms with Crippen molar-refractivity contribution in [2.24, 2.45) is 0 Å². The van der Waals surface area contributed by atoms with Gasteiger partial charge in [0.2, 0.25) is 5.91 Å². The molecule has 2 saturated heterocycles. The predicted molar refractivity (Wildman–Crippen MR) is 105 cm³/mol. The maximum absolute atomic E-state index is 13.4. The van der Waals surface area contributed by atoms with Gasteiger partial charge in [-0.25, -0.2) is 5.06 Å². The van der Waals surface area contributed by atoms with E-state index in [1.165, 1.54) is 5.06 Å². The molecule has 5 heteroatoms. The fraction of sp³-hybridized carbons (Fsp3) is 0.391. The van der Waals surface area contributed by atoms with Gasteiger partial charge in [0.25, 0.3) is 0 Å². The molecule has 0 saturated carbocycles. The monoisotopic (exact) mass is 379 g/mol. The van der Waals surface area contributed by atoms with Crippen molar-refractivity contribution >= 4 is 11.7 Å². The minimum Gasteiger partial charge on any atom is -0.378 e. The average Bonchev–Trinajstić information content (AvgIpc) is 3.05. The van der Waals surface area contributed by atoms with Gasteiger partial charge in [-0.3, -0.25) is 14.4 Å². The Bertz CT molecular complexity index is 830. The van der Waals surface area contributed by atoms with Crippen molar-refractivity contribution in [1.29, 1.82) is 0 Å². The summed E-state index contributed by atoms with van der Waals surface area (Å²) in [6.45, 7) is 3.06. The van der Waals surface area contributed by atoms with Gasteiger partial charge in [0, 0.05) is 24.5 Å². The van der Waals surface area contributed by atoms with Crippen LogP contribution in [0.4, 0.5) is 0 Å². The number of nitrogens with zero attached hydrogens (tertiary/aromatic N) is 1. The summed E-state index contributed by atoms with van der Waals surface area (Å²) in [4.78, 5) is 32.6. The molecule has 0 aliphatic carbocycles. The molecule has 4 rings (SSSR count). The molecular weight excluding hydrogens is 354 g/mol. The minimum atomic E-state index is -0.684. The Labute approximate surface area is 165 Å². The molecule has 0 spiro atoms. The van der Waals surface area contributed by atoms with E-state index in [-0.39, 0.29) is 24.0 Å². The Morgan fingerprint density at radius 1 is 1.11 bits per heavy atom. The second-order valence-electron chi connectivity index (χ2n) is 7.81. The third-order valence-corrected chi connectivity index (χ3v) is 5.55. The van der Waals surface area contributed by atoms with Crippen molar-refractivity contribution < 1.29 is 19.2 Å². The summed E-state index contributed by atoms with van der Waals surface area (Å²) in [5, 5.41) is 1.34. The Kier molecular flexibility index (Phi) is 5.29. The Hall–Kier alpha value is -2.50. The lowest BCUT2D eigenvalue weighted by molar-refractivity contribution is -0.260. The number of carbonyl (C=O) groups is 2. The zero-order valence-electron chi connectivity index (χ0n) is 16.0. The lowest BCUT2D eigenvalue weighted by Gasteiger charge is -2.38. The number of carbonyl (C=O) groups excluding carboxylic acids is 2. The molecule has 3 atom stereocenters. The third kappa shape index (κ3) is 3.73. The van der Waals surface area contributed by atoms with E-state index in [4.69, 9.17) is 9.57 Å². The first kappa shape index (κ1) is 18.8. The van der Waals surface area contributed by atoms with Crippen LogP contribution in [-0.4, -0.2) is 41.6 Å². The molecule has 0 radical (unpaired) electrons. The number of hydrogen-bond acceptors (Lipinski definition) is 4. The second-order valence-corrected chi connectivity index (χ2v) is 7.81. The van der Waals surface area contributed by atoms with Crippen LogP contribution < -0.4 is 0 Å². The van der Waals surface area contributed by atoms with E-state index in [1.807, 2.05) is 55.5 Å². The molecule has 2 aromatic rings. The lowest BCUT2D eigenvalue weighted by atomic mass is 9.87. The highest BCUT2D eigenvalue weighted by atomic mass is 16.7. The standard InChI is InChI=1S/C23H25NO4/c1-23(13-8-14-27-16-23)28-24-20(25)15-19(17-9-4-2-5-10-17)21(24)22(26)18-11-6-3-7-12-18/h2-7,9-12,19,21H,8,13-16H2,1H3. The van der Waals surface area contributed by atoms with E-state index < -0.39 is 11.6 Å². The largest absolute Gasteiger partial charge is 0.378 e. The van der Waals surface area contributed by atoms with E-state index in [2.05, 4.69) is 0 Å². The Balaban J connectivity index is 1.68. The first-order valence-electron chi connectivity index (χ1n) is 9.81. The number of hydrogen-bond donors (Lipinski definition) is 0. The normalized spacial score (nSPS) is 27.8. The molecule has 2 aromatic carbocycles. The number of amides is 1. The van der Waals surface area contributed by atoms with Crippen molar-refractivity contribution in [2.45, 2.75) is 43.7 Å². The Morgan fingerprint density at radius 3 is 2.43 bits per heavy atom. The predicted octanol–water partition coefficient (Wildman–Crippen LogP) is 3.75. The first-order chi connectivity index (χ1) is 13.6. The fourth-order valence-corrected chi connectivity index (χ4v) is 4.10. The van der Waals surface area contributed by atoms with Gasteiger partial charge in [-0.2, -0.15) is 0 Å². The quantitative estimate of drug-likeness (QED) is 0.743. The Morgan fingerprint density at radius 2 is 1.79 bits per heavy atom. The van der Waals surface area contributed by atoms with Crippen LogP contribution in [0, 0.1) is 0 Å². The van der Waals surface area contributed by atoms with Crippen molar-refractivity contribution in [3.63, 3.8) is 0 Å². The topological polar surface area (TPSA) is 55.8 Å². The summed E-state index contributed by atoms with van der Waals surface area (Å²) >= 11 is 0. The molecule has 2 aliphatic rings. The maximum atomic E-state index is 13.4. The highest BCUT2D eigenvalue weighted by Crippen LogP contribution is 2.39. The van der Waals surface area contributed by atoms with Crippen molar-refractivity contribution in [3.05, 3.63) is 71.8 Å². The smallest absolute Gasteiger partial charge is 0.247 e. The second kappa shape index (κ2) is 7.86. The molecule has 1 amide bonds. The van der Waals surface area contributed by atoms with Crippen LogP contribution in [-0.2, 0) is 14.4 Å². The molecule has 0 aromatic heterocycles. The van der Waals surface area contributed by atoms with E-state index in [1.54, 1.807) is 12.1 Å². The number of ketones is 1. The summed E-state index contributed by atoms with van der Waals surface area (Å²) in [5.41, 5.74) is 0.956. The van der Waals surface area contributed by atoms with Crippen LogP contribution >= 0.6 is 0 Å². The molecule has 146 valence electrons. The molecule has 0 N–H and O–H groups in total. The zero-order valence-corrected chi connectivity index (χ0v) is 16.0. The molecule has 2 aliphatic heterocycles. The summed E-state index contributed by atoms with van der Waals surface area (Å²) in [6, 6.07) is 18.2. The average molecular weight is 379 g/mol. The number of benzene rings is 2. The van der Waals surface area contributed by atoms with E-state index in [0.717, 1.165) is 18.4 Å². The SMILES string of the molecule is CC1(ON2C(=O)CC(c3ccccc3)C2C(=O)c2ccccc2)CCCOC1. The number of rotatable bonds is 5. The van der Waals surface area contributed by atoms with E-state index in [9.17, 15) is 9.59 Å². The van der Waals surface area contributed by atoms with Gasteiger partial charge in [0.05, 0.1) is 6.61 Å². The summed E-state index contributed by atoms with van der Waals surface area (Å²) in [7, 11) is 0. The van der Waals surface area contributed by atoms with Gasteiger partial charge >= 0.3 is 0 Å². The van der Waals surface area contributed by atoms with Crippen LogP contribution in [0.1, 0.15) is 48.0 Å². The van der Waals surface area contributed by atoms with E-state index in [0.29, 0.717) is 18.8 Å². The van der Waals surface area contributed by atoms with Crippen molar-refractivity contribution in [2.75, 3.05) is 13.2 Å². The third-order valence-electron chi connectivity index (χ3n) is 5.55. The minimum absolute atomic E-state index is 0.0966. The van der Waals surface area contributed by atoms with Gasteiger partial charge in [-0.15, -0.1) is 0 Å². The molecule has 3 unspecified atom stereocenters. The molecule has 0 bridgehead atoms. The van der Waals surface area contributed by atoms with Crippen LogP contribution in [0.15, 0.2) is 60.7 Å². The first-order valence-corrected chi connectivity index (χ1v) is 9.81. The van der Waals surface area contributed by atoms with Crippen LogP contribution in [0.3, 0.4) is 0 Å². The van der Waals surface area contributed by atoms with Gasteiger partial charge in [0.15, 0.2) is 5.78 Å². The van der Waals surface area contributed by atoms with Crippen LogP contribution in [0.2, 0.25) is 0 Å². The summed E-state index contributed by atoms with van der Waals surface area (Å²) in [6.07, 6.45) is 1.92. The summed E-state index contributed by atoms with van der Waals surface area (Å²) in [5.74, 6) is -0.495. The molecule has 2 heterocycles. The van der Waals surface area contributed by atoms with Crippen molar-refractivity contribution in [3.8, 4) is 0 Å². The fourth-order valence-electron chi connectivity index (χ4n) is 4.10. The summed E-state index contributed by atoms with van der Waals surface area (Å²) < 4.78 is 5.57. The number of hydroxylamine groups is 2. The van der Waals surface area contributed by atoms with Crippen LogP contribution in [0.25, 0.3) is 0 Å². The maximum Gasteiger partial charge on any atom is 0.247 e. The van der Waals surface area contributed by atoms with Gasteiger partial charge in [-0.05, 0) is 25.3 Å². The van der Waals surface area contributed by atoms with E-state index >= 15 is 0 Å². The van der Waals surface area contributed by atoms with Gasteiger partial charge in [-0.1, -0.05) is 60.7 Å². The number of ether oxygens (including phenoxy) is 1. The highest BCUT2D eigenvalue weighted by Gasteiger charge is 2.48.